The molecule has 4 nitrogen and oxygen atoms in total. The summed E-state index contributed by atoms with van der Waals surface area (Å²) in [5, 5.41) is 1.45. The summed E-state index contributed by atoms with van der Waals surface area (Å²) >= 11 is 0. The second-order valence-corrected chi connectivity index (χ2v) is 4.60. The summed E-state index contributed by atoms with van der Waals surface area (Å²) in [4.78, 5) is 4.44. The maximum absolute atomic E-state index is 5.69. The van der Waals surface area contributed by atoms with Crippen molar-refractivity contribution in [3.63, 3.8) is 0 Å². The van der Waals surface area contributed by atoms with Gasteiger partial charge in [0.1, 0.15) is 6.34 Å². The second kappa shape index (κ2) is 8.12. The van der Waals surface area contributed by atoms with Crippen LogP contribution in [0, 0.1) is 0 Å². The van der Waals surface area contributed by atoms with Gasteiger partial charge < -0.3 is 0 Å². The third-order valence-corrected chi connectivity index (χ3v) is 3.00. The minimum Gasteiger partial charge on any atom is -0.286 e. The van der Waals surface area contributed by atoms with Gasteiger partial charge in [0.05, 0.1) is 11.4 Å². The largest absolute Gasteiger partial charge is 0.286 e. The van der Waals surface area contributed by atoms with Gasteiger partial charge in [-0.1, -0.05) is 39.5 Å². The summed E-state index contributed by atoms with van der Waals surface area (Å²) in [5.74, 6) is 5.69. The molecule has 0 spiro atoms. The quantitative estimate of drug-likeness (QED) is 0.505. The number of hydrazine groups is 2. The van der Waals surface area contributed by atoms with E-state index in [0.29, 0.717) is 0 Å². The number of hydrogen-bond donors (Lipinski definition) is 2. The highest BCUT2D eigenvalue weighted by molar-refractivity contribution is 5.57. The molecule has 1 rings (SSSR count). The number of aliphatic imine (C=N–C) groups is 1. The Labute approximate surface area is 105 Å². The fourth-order valence-corrected chi connectivity index (χ4v) is 1.97. The number of nitrogens with zero attached hydrogens (tertiary/aromatic N) is 2. The zero-order chi connectivity index (χ0) is 12.5. The summed E-state index contributed by atoms with van der Waals surface area (Å²) in [7, 11) is 0. The third kappa shape index (κ3) is 5.22. The van der Waals surface area contributed by atoms with Crippen LogP contribution in [0.2, 0.25) is 0 Å². The van der Waals surface area contributed by atoms with Crippen molar-refractivity contribution < 1.29 is 0 Å². The van der Waals surface area contributed by atoms with E-state index in [-0.39, 0.29) is 0 Å². The molecule has 0 unspecified atom stereocenters. The van der Waals surface area contributed by atoms with Gasteiger partial charge in [0.25, 0.3) is 0 Å². The van der Waals surface area contributed by atoms with E-state index in [0.717, 1.165) is 12.8 Å². The molecule has 0 saturated heterocycles. The van der Waals surface area contributed by atoms with Crippen LogP contribution in [0.15, 0.2) is 16.4 Å². The van der Waals surface area contributed by atoms with Crippen molar-refractivity contribution in [1.82, 2.24) is 10.5 Å². The van der Waals surface area contributed by atoms with Gasteiger partial charge in [-0.2, -0.15) is 0 Å². The highest BCUT2D eigenvalue weighted by atomic mass is 15.7. The van der Waals surface area contributed by atoms with Gasteiger partial charge in [0.2, 0.25) is 0 Å². The van der Waals surface area contributed by atoms with Crippen LogP contribution in [0.4, 0.5) is 0 Å². The average molecular weight is 238 g/mol. The molecule has 0 aromatic carbocycles. The molecule has 0 bridgehead atoms. The lowest BCUT2D eigenvalue weighted by molar-refractivity contribution is 0.347. The van der Waals surface area contributed by atoms with Gasteiger partial charge in [-0.3, -0.25) is 5.43 Å². The van der Waals surface area contributed by atoms with E-state index in [1.54, 1.807) is 6.34 Å². The van der Waals surface area contributed by atoms with Crippen molar-refractivity contribution in [2.45, 2.75) is 65.2 Å². The smallest absolute Gasteiger partial charge is 0.128 e. The van der Waals surface area contributed by atoms with Crippen LogP contribution in [0.5, 0.6) is 0 Å². The molecule has 3 N–H and O–H groups in total. The van der Waals surface area contributed by atoms with E-state index < -0.39 is 0 Å². The lowest BCUT2D eigenvalue weighted by atomic mass is 10.1. The van der Waals surface area contributed by atoms with Crippen molar-refractivity contribution >= 4 is 6.34 Å². The molecule has 98 valence electrons. The predicted octanol–water partition coefficient (Wildman–Crippen LogP) is 3.08. The topological polar surface area (TPSA) is 53.6 Å². The van der Waals surface area contributed by atoms with Crippen LogP contribution in [0.25, 0.3) is 0 Å². The number of rotatable bonds is 8. The normalized spacial score (nSPS) is 15.4. The molecule has 0 amide bonds. The Morgan fingerprint density at radius 3 is 2.41 bits per heavy atom. The zero-order valence-corrected chi connectivity index (χ0v) is 11.2. The first kappa shape index (κ1) is 14.0. The minimum atomic E-state index is 1.06. The SMILES string of the molecule is CCCCCC1=C(CCCCC)NN(N)C=N1. The molecular formula is C13H26N4. The lowest BCUT2D eigenvalue weighted by Crippen LogP contribution is -2.44. The molecule has 0 aliphatic carbocycles. The fraction of sp³-hybridized carbons (Fsp3) is 0.769. The number of unbranched alkanes of at least 4 members (excludes halogenated alkanes) is 4. The van der Waals surface area contributed by atoms with E-state index in [1.165, 1.54) is 55.0 Å². The van der Waals surface area contributed by atoms with Gasteiger partial charge in [-0.15, -0.1) is 0 Å². The molecule has 1 heterocycles. The van der Waals surface area contributed by atoms with Gasteiger partial charge in [0.15, 0.2) is 0 Å². The van der Waals surface area contributed by atoms with Crippen LogP contribution >= 0.6 is 0 Å². The molecule has 0 aromatic rings. The van der Waals surface area contributed by atoms with Gasteiger partial charge in [0, 0.05) is 0 Å². The summed E-state index contributed by atoms with van der Waals surface area (Å²) in [6.07, 6.45) is 11.2. The molecular weight excluding hydrogens is 212 g/mol. The maximum Gasteiger partial charge on any atom is 0.128 e. The monoisotopic (exact) mass is 238 g/mol. The highest BCUT2D eigenvalue weighted by Gasteiger charge is 2.11. The number of nitrogens with one attached hydrogen (secondary N) is 1. The summed E-state index contributed by atoms with van der Waals surface area (Å²) in [5.41, 5.74) is 5.59. The lowest BCUT2D eigenvalue weighted by Gasteiger charge is -2.24. The second-order valence-electron chi connectivity index (χ2n) is 4.60. The Bertz CT molecular complexity index is 271. The van der Waals surface area contributed by atoms with Crippen molar-refractivity contribution in [2.24, 2.45) is 10.8 Å². The predicted molar refractivity (Wildman–Crippen MR) is 73.0 cm³/mol. The number of allylic oxidation sites excluding steroid dienone is 2. The molecule has 0 aromatic heterocycles. The zero-order valence-electron chi connectivity index (χ0n) is 11.2. The Kier molecular flexibility index (Phi) is 6.70. The third-order valence-electron chi connectivity index (χ3n) is 3.00. The van der Waals surface area contributed by atoms with Crippen LogP contribution in [0.1, 0.15) is 65.2 Å². The van der Waals surface area contributed by atoms with Gasteiger partial charge >= 0.3 is 0 Å². The van der Waals surface area contributed by atoms with Crippen molar-refractivity contribution in [3.05, 3.63) is 11.4 Å². The van der Waals surface area contributed by atoms with E-state index in [9.17, 15) is 0 Å². The van der Waals surface area contributed by atoms with Crippen molar-refractivity contribution in [3.8, 4) is 0 Å². The summed E-state index contributed by atoms with van der Waals surface area (Å²) in [6.45, 7) is 4.44. The van der Waals surface area contributed by atoms with Crippen LogP contribution in [0.3, 0.4) is 0 Å². The summed E-state index contributed by atoms with van der Waals surface area (Å²) < 4.78 is 0. The fourth-order valence-electron chi connectivity index (χ4n) is 1.97. The van der Waals surface area contributed by atoms with Crippen molar-refractivity contribution in [2.75, 3.05) is 0 Å². The Balaban J connectivity index is 2.49. The average Bonchev–Trinajstić information content (AvgIpc) is 2.32. The van der Waals surface area contributed by atoms with Gasteiger partial charge in [-0.05, 0) is 25.7 Å². The number of nitrogens with two attached hydrogens (primary N) is 1. The van der Waals surface area contributed by atoms with E-state index in [1.807, 2.05) is 0 Å². The van der Waals surface area contributed by atoms with Gasteiger partial charge in [-0.25, -0.2) is 16.0 Å². The molecule has 1 aliphatic rings. The van der Waals surface area contributed by atoms with Crippen LogP contribution in [-0.4, -0.2) is 11.5 Å². The highest BCUT2D eigenvalue weighted by Crippen LogP contribution is 2.19. The first-order valence-corrected chi connectivity index (χ1v) is 6.84. The van der Waals surface area contributed by atoms with Crippen molar-refractivity contribution in [1.29, 1.82) is 0 Å². The van der Waals surface area contributed by atoms with E-state index >= 15 is 0 Å². The molecule has 0 radical (unpaired) electrons. The minimum absolute atomic E-state index is 1.06. The van der Waals surface area contributed by atoms with E-state index in [2.05, 4.69) is 24.3 Å². The summed E-state index contributed by atoms with van der Waals surface area (Å²) in [6, 6.07) is 0. The molecule has 0 saturated carbocycles. The molecule has 4 heteroatoms. The number of hydrogen-bond acceptors (Lipinski definition) is 4. The molecule has 0 atom stereocenters. The molecule has 17 heavy (non-hydrogen) atoms. The first-order chi connectivity index (χ1) is 8.27. The molecule has 1 aliphatic heterocycles. The first-order valence-electron chi connectivity index (χ1n) is 6.84. The van der Waals surface area contributed by atoms with Crippen LogP contribution in [-0.2, 0) is 0 Å². The Morgan fingerprint density at radius 1 is 1.12 bits per heavy atom. The maximum atomic E-state index is 5.69. The molecule has 0 fully saturated rings. The van der Waals surface area contributed by atoms with E-state index in [4.69, 9.17) is 5.84 Å². The Hall–Kier alpha value is -1.03. The standard InChI is InChI=1S/C13H26N4/c1-3-5-7-9-12-13(10-8-6-4-2)16-17(14)11-15-12/h11,16H,3-10,14H2,1-2H3. The Morgan fingerprint density at radius 2 is 1.76 bits per heavy atom. The van der Waals surface area contributed by atoms with Crippen LogP contribution < -0.4 is 11.3 Å².